The van der Waals surface area contributed by atoms with Crippen LogP contribution in [0.1, 0.15) is 64.5 Å². The molecule has 2 aromatic rings. The van der Waals surface area contributed by atoms with Crippen molar-refractivity contribution >= 4 is 23.9 Å². The highest BCUT2D eigenvalue weighted by atomic mass is 16.6. The molecular weight excluding hydrogens is 488 g/mol. The van der Waals surface area contributed by atoms with Crippen LogP contribution in [0.2, 0.25) is 0 Å². The van der Waals surface area contributed by atoms with Crippen molar-refractivity contribution < 1.29 is 33.8 Å². The van der Waals surface area contributed by atoms with Crippen molar-refractivity contribution in [3.05, 3.63) is 59.7 Å². The quantitative estimate of drug-likeness (QED) is 0.396. The van der Waals surface area contributed by atoms with Crippen LogP contribution in [0.4, 0.5) is 4.79 Å². The average molecular weight is 525 g/mol. The molecule has 1 aliphatic carbocycles. The van der Waals surface area contributed by atoms with Crippen LogP contribution in [0, 0.1) is 5.92 Å². The summed E-state index contributed by atoms with van der Waals surface area (Å²) >= 11 is 0. The average Bonchev–Trinajstić information content (AvgIpc) is 3.17. The third-order valence-corrected chi connectivity index (χ3v) is 6.52. The molecule has 3 rings (SSSR count). The fourth-order valence-corrected chi connectivity index (χ4v) is 4.48. The van der Waals surface area contributed by atoms with Crippen LogP contribution in [-0.4, -0.2) is 53.3 Å². The summed E-state index contributed by atoms with van der Waals surface area (Å²) in [7, 11) is 0. The van der Waals surface area contributed by atoms with E-state index in [0.717, 1.165) is 22.3 Å². The minimum atomic E-state index is -1.51. The van der Waals surface area contributed by atoms with E-state index in [1.807, 2.05) is 55.5 Å². The summed E-state index contributed by atoms with van der Waals surface area (Å²) in [6, 6.07) is 13.3. The maximum atomic E-state index is 13.1. The number of carboxylic acid groups (broad SMARTS) is 1. The number of carbonyl (C=O) groups excluding carboxylic acids is 3. The molecule has 0 fully saturated rings. The molecule has 3 atom stereocenters. The number of carbonyl (C=O) groups is 4. The number of rotatable bonds is 10. The zero-order valence-electron chi connectivity index (χ0n) is 22.4. The number of benzene rings is 2. The lowest BCUT2D eigenvalue weighted by Gasteiger charge is -2.26. The summed E-state index contributed by atoms with van der Waals surface area (Å²) in [5.74, 6) is -3.33. The van der Waals surface area contributed by atoms with E-state index in [9.17, 15) is 24.3 Å². The summed E-state index contributed by atoms with van der Waals surface area (Å²) in [4.78, 5) is 49.7. The maximum absolute atomic E-state index is 13.1. The first-order valence-electron chi connectivity index (χ1n) is 12.8. The molecule has 0 aliphatic heterocycles. The van der Waals surface area contributed by atoms with E-state index in [2.05, 4.69) is 10.6 Å². The summed E-state index contributed by atoms with van der Waals surface area (Å²) in [5, 5.41) is 14.5. The van der Waals surface area contributed by atoms with Gasteiger partial charge in [-0.3, -0.25) is 9.59 Å². The Labute approximate surface area is 222 Å². The van der Waals surface area contributed by atoms with Gasteiger partial charge in [0.25, 0.3) is 0 Å². The van der Waals surface area contributed by atoms with Gasteiger partial charge in [0, 0.05) is 5.92 Å². The van der Waals surface area contributed by atoms with E-state index in [0.29, 0.717) is 6.42 Å². The second-order valence-electron chi connectivity index (χ2n) is 10.5. The molecule has 0 unspecified atom stereocenters. The van der Waals surface area contributed by atoms with Crippen molar-refractivity contribution in [1.29, 1.82) is 0 Å². The maximum Gasteiger partial charge on any atom is 0.407 e. The van der Waals surface area contributed by atoms with Gasteiger partial charge in [0.15, 0.2) is 0 Å². The van der Waals surface area contributed by atoms with E-state index in [-0.39, 0.29) is 18.4 Å². The van der Waals surface area contributed by atoms with Crippen LogP contribution in [0.3, 0.4) is 0 Å². The molecule has 2 aromatic carbocycles. The highest BCUT2D eigenvalue weighted by Gasteiger charge is 2.33. The fourth-order valence-electron chi connectivity index (χ4n) is 4.48. The molecule has 3 N–H and O–H groups in total. The second kappa shape index (κ2) is 12.1. The molecule has 0 bridgehead atoms. The van der Waals surface area contributed by atoms with Crippen LogP contribution in [0.15, 0.2) is 48.5 Å². The number of aliphatic carboxylic acids is 1. The smallest absolute Gasteiger partial charge is 0.407 e. The number of fused-ring (bicyclic) bond motifs is 3. The van der Waals surface area contributed by atoms with Crippen molar-refractivity contribution in [2.45, 2.75) is 71.1 Å². The SMILES string of the molecule is CC[C@H](C)[C@H](NC(=O)OCC1c2ccccc2-c2ccccc21)C(=O)N[C@@H](CC(=O)OC(C)(C)C)C(=O)O. The third kappa shape index (κ3) is 7.12. The number of nitrogens with one attached hydrogen (secondary N) is 2. The van der Waals surface area contributed by atoms with Crippen molar-refractivity contribution in [3.8, 4) is 11.1 Å². The highest BCUT2D eigenvalue weighted by Crippen LogP contribution is 2.44. The first-order valence-corrected chi connectivity index (χ1v) is 12.8. The minimum absolute atomic E-state index is 0.0745. The number of ether oxygens (including phenoxy) is 2. The lowest BCUT2D eigenvalue weighted by Crippen LogP contribution is -2.54. The molecule has 9 heteroatoms. The molecule has 0 radical (unpaired) electrons. The summed E-state index contributed by atoms with van der Waals surface area (Å²) in [5.41, 5.74) is 3.51. The lowest BCUT2D eigenvalue weighted by atomic mass is 9.97. The third-order valence-electron chi connectivity index (χ3n) is 6.52. The number of esters is 1. The van der Waals surface area contributed by atoms with Crippen LogP contribution >= 0.6 is 0 Å². The van der Waals surface area contributed by atoms with Crippen LogP contribution in [0.25, 0.3) is 11.1 Å². The number of hydrogen-bond acceptors (Lipinski definition) is 6. The Morgan fingerprint density at radius 3 is 2.00 bits per heavy atom. The molecular formula is C29H36N2O7. The zero-order chi connectivity index (χ0) is 28.0. The molecule has 0 spiro atoms. The van der Waals surface area contributed by atoms with E-state index in [1.165, 1.54) is 0 Å². The highest BCUT2D eigenvalue weighted by molar-refractivity contribution is 5.91. The Balaban J connectivity index is 1.66. The Hall–Kier alpha value is -3.88. The van der Waals surface area contributed by atoms with Crippen molar-refractivity contribution in [1.82, 2.24) is 10.6 Å². The van der Waals surface area contributed by atoms with E-state index in [1.54, 1.807) is 27.7 Å². The molecule has 0 saturated heterocycles. The van der Waals surface area contributed by atoms with Crippen LogP contribution < -0.4 is 10.6 Å². The van der Waals surface area contributed by atoms with E-state index < -0.39 is 48.0 Å². The zero-order valence-corrected chi connectivity index (χ0v) is 22.4. The molecule has 9 nitrogen and oxygen atoms in total. The van der Waals surface area contributed by atoms with Gasteiger partial charge in [-0.1, -0.05) is 68.8 Å². The number of carboxylic acids is 1. The van der Waals surface area contributed by atoms with Crippen molar-refractivity contribution in [2.24, 2.45) is 5.92 Å². The van der Waals surface area contributed by atoms with Gasteiger partial charge in [-0.15, -0.1) is 0 Å². The second-order valence-corrected chi connectivity index (χ2v) is 10.5. The minimum Gasteiger partial charge on any atom is -0.480 e. The number of hydrogen-bond donors (Lipinski definition) is 3. The first-order chi connectivity index (χ1) is 17.9. The van der Waals surface area contributed by atoms with E-state index >= 15 is 0 Å². The Morgan fingerprint density at radius 1 is 0.947 bits per heavy atom. The molecule has 1 aliphatic rings. The summed E-state index contributed by atoms with van der Waals surface area (Å²) in [6.07, 6.45) is -0.798. The number of alkyl carbamates (subject to hydrolysis) is 1. The summed E-state index contributed by atoms with van der Waals surface area (Å²) in [6.45, 7) is 8.67. The molecule has 0 heterocycles. The van der Waals surface area contributed by atoms with Gasteiger partial charge >= 0.3 is 18.0 Å². The normalized spacial score (nSPS) is 14.9. The fraction of sp³-hybridized carbons (Fsp3) is 0.448. The molecule has 2 amide bonds. The van der Waals surface area contributed by atoms with Crippen molar-refractivity contribution in [3.63, 3.8) is 0 Å². The molecule has 204 valence electrons. The predicted octanol–water partition coefficient (Wildman–Crippen LogP) is 4.24. The largest absolute Gasteiger partial charge is 0.480 e. The van der Waals surface area contributed by atoms with Gasteiger partial charge in [-0.25, -0.2) is 9.59 Å². The van der Waals surface area contributed by atoms with Gasteiger partial charge in [0.1, 0.15) is 24.3 Å². The van der Waals surface area contributed by atoms with Gasteiger partial charge in [0.2, 0.25) is 5.91 Å². The Bertz CT molecular complexity index is 1140. The van der Waals surface area contributed by atoms with Crippen LogP contribution in [-0.2, 0) is 23.9 Å². The van der Waals surface area contributed by atoms with Gasteiger partial charge < -0.3 is 25.2 Å². The topological polar surface area (TPSA) is 131 Å². The Kier molecular flexibility index (Phi) is 9.14. The molecule has 0 aromatic heterocycles. The molecule has 38 heavy (non-hydrogen) atoms. The first kappa shape index (κ1) is 28.7. The van der Waals surface area contributed by atoms with Gasteiger partial charge in [0.05, 0.1) is 6.42 Å². The van der Waals surface area contributed by atoms with Crippen molar-refractivity contribution in [2.75, 3.05) is 6.61 Å². The Morgan fingerprint density at radius 2 is 1.50 bits per heavy atom. The molecule has 0 saturated carbocycles. The van der Waals surface area contributed by atoms with Gasteiger partial charge in [-0.05, 0) is 48.9 Å². The summed E-state index contributed by atoms with van der Waals surface area (Å²) < 4.78 is 10.7. The standard InChI is InChI=1S/C29H36N2O7/c1-6-17(2)25(26(33)30-23(27(34)35)15-24(32)38-29(3,4)5)31-28(36)37-16-22-20-13-9-7-11-18(20)19-12-8-10-14-21(19)22/h7-14,17,22-23,25H,6,15-16H2,1-5H3,(H,30,33)(H,31,36)(H,34,35)/t17-,23-,25-/m0/s1. The van der Waals surface area contributed by atoms with Crippen LogP contribution in [0.5, 0.6) is 0 Å². The number of amides is 2. The lowest BCUT2D eigenvalue weighted by molar-refractivity contribution is -0.158. The monoisotopic (exact) mass is 524 g/mol. The van der Waals surface area contributed by atoms with E-state index in [4.69, 9.17) is 9.47 Å². The van der Waals surface area contributed by atoms with Gasteiger partial charge in [-0.2, -0.15) is 0 Å². The predicted molar refractivity (Wildman–Crippen MR) is 141 cm³/mol.